The van der Waals surface area contributed by atoms with E-state index in [9.17, 15) is 47.4 Å². The molecule has 4 aliphatic rings. The van der Waals surface area contributed by atoms with Crippen LogP contribution in [0.1, 0.15) is 70.4 Å². The van der Waals surface area contributed by atoms with Gasteiger partial charge in [0.25, 0.3) is 0 Å². The first kappa shape index (κ1) is 43.9. The standard InChI is InChI=1S/C42H53F2N7O9/c1-4-25-13-14-29(28(44)19-25)46-42(59)47-30(20-26-9-7-10-27(43)18-26)36(53)48-35-24(3)60-41(58)34-17-23(2)21-51(34)38(55)31(22-52)45-37(54)32-11-5-6-15-49(32)39(56)33-12-8-16-50(33)40(35)57/h7,9-10,13-14,18-19,23-24,30-35,52H,4-6,8,11-12,15-17,20-22H2,1-3H3,(H,45,54)(H,48,53)(H2,46,47,59)/t23-,24+,30+,31+,32+,33+,34+,35+/m1/s1. The highest BCUT2D eigenvalue weighted by Gasteiger charge is 2.48. The van der Waals surface area contributed by atoms with Gasteiger partial charge >= 0.3 is 12.0 Å². The quantitative estimate of drug-likeness (QED) is 0.246. The Labute approximate surface area is 346 Å². The van der Waals surface area contributed by atoms with Crippen LogP contribution in [0.5, 0.6) is 0 Å². The second-order valence-corrected chi connectivity index (χ2v) is 16.1. The number of piperidine rings is 1. The normalized spacial score (nSPS) is 27.0. The first-order valence-corrected chi connectivity index (χ1v) is 20.6. The van der Waals surface area contributed by atoms with Gasteiger partial charge in [-0.1, -0.05) is 32.0 Å². The van der Waals surface area contributed by atoms with Crippen molar-refractivity contribution in [2.75, 3.05) is 31.6 Å². The fourth-order valence-electron chi connectivity index (χ4n) is 8.56. The van der Waals surface area contributed by atoms with Gasteiger partial charge in [0.05, 0.1) is 12.3 Å². The lowest BCUT2D eigenvalue weighted by molar-refractivity contribution is -0.163. The molecule has 60 heavy (non-hydrogen) atoms. The van der Waals surface area contributed by atoms with Crippen LogP contribution in [0, 0.1) is 17.6 Å². The summed E-state index contributed by atoms with van der Waals surface area (Å²) in [4.78, 5) is 102. The summed E-state index contributed by atoms with van der Waals surface area (Å²) in [5.74, 6) is -6.01. The van der Waals surface area contributed by atoms with Crippen molar-refractivity contribution < 1.29 is 52.2 Å². The number of aliphatic hydroxyl groups is 1. The van der Waals surface area contributed by atoms with E-state index in [2.05, 4.69) is 21.3 Å². The zero-order valence-electron chi connectivity index (χ0n) is 34.0. The summed E-state index contributed by atoms with van der Waals surface area (Å²) in [5, 5.41) is 20.4. The van der Waals surface area contributed by atoms with Gasteiger partial charge in [-0.25, -0.2) is 18.4 Å². The molecule has 0 bridgehead atoms. The molecule has 4 saturated heterocycles. The van der Waals surface area contributed by atoms with Crippen LogP contribution in [0.4, 0.5) is 19.3 Å². The smallest absolute Gasteiger partial charge is 0.329 e. The van der Waals surface area contributed by atoms with Gasteiger partial charge in [-0.05, 0) is 93.2 Å². The Morgan fingerprint density at radius 3 is 2.33 bits per heavy atom. The second-order valence-electron chi connectivity index (χ2n) is 16.1. The number of hydrogen-bond donors (Lipinski definition) is 5. The van der Waals surface area contributed by atoms with Gasteiger partial charge in [-0.2, -0.15) is 0 Å². The molecule has 7 amide bonds. The number of hydrogen-bond acceptors (Lipinski definition) is 9. The fourth-order valence-corrected chi connectivity index (χ4v) is 8.56. The van der Waals surface area contributed by atoms with E-state index in [1.54, 1.807) is 6.07 Å². The van der Waals surface area contributed by atoms with Gasteiger partial charge in [0.1, 0.15) is 54.0 Å². The lowest BCUT2D eigenvalue weighted by Crippen LogP contribution is -2.63. The Morgan fingerprint density at radius 1 is 0.883 bits per heavy atom. The van der Waals surface area contributed by atoms with E-state index in [0.717, 1.165) is 6.07 Å². The van der Waals surface area contributed by atoms with Gasteiger partial charge in [0.15, 0.2) is 0 Å². The maximum atomic E-state index is 14.9. The molecule has 0 spiro atoms. The molecule has 6 rings (SSSR count). The van der Waals surface area contributed by atoms with Crippen LogP contribution >= 0.6 is 0 Å². The Bertz CT molecular complexity index is 1990. The van der Waals surface area contributed by atoms with E-state index in [4.69, 9.17) is 4.74 Å². The number of amides is 7. The van der Waals surface area contributed by atoms with Crippen molar-refractivity contribution in [2.24, 2.45) is 5.92 Å². The Balaban J connectivity index is 1.34. The van der Waals surface area contributed by atoms with Crippen LogP contribution in [-0.4, -0.2) is 130 Å². The minimum atomic E-state index is -1.64. The molecule has 16 nitrogen and oxygen atoms in total. The third-order valence-corrected chi connectivity index (χ3v) is 11.7. The van der Waals surface area contributed by atoms with Gasteiger partial charge in [-0.15, -0.1) is 0 Å². The molecule has 8 atom stereocenters. The van der Waals surface area contributed by atoms with Crippen molar-refractivity contribution in [3.63, 3.8) is 0 Å². The number of carbonyl (C=O) groups is 7. The molecule has 0 saturated carbocycles. The van der Waals surface area contributed by atoms with E-state index in [0.29, 0.717) is 36.8 Å². The number of nitrogens with zero attached hydrogens (tertiary/aromatic N) is 3. The molecule has 324 valence electrons. The number of rotatable bonds is 8. The molecule has 2 aromatic rings. The van der Waals surface area contributed by atoms with Crippen LogP contribution in [0.25, 0.3) is 0 Å². The third kappa shape index (κ3) is 9.86. The first-order valence-electron chi connectivity index (χ1n) is 20.6. The summed E-state index contributed by atoms with van der Waals surface area (Å²) in [6.07, 6.45) is 1.14. The lowest BCUT2D eigenvalue weighted by Gasteiger charge is -2.40. The number of anilines is 1. The van der Waals surface area contributed by atoms with Crippen molar-refractivity contribution in [3.8, 4) is 0 Å². The van der Waals surface area contributed by atoms with E-state index >= 15 is 0 Å². The predicted molar refractivity (Wildman–Crippen MR) is 212 cm³/mol. The molecular weight excluding hydrogens is 784 g/mol. The van der Waals surface area contributed by atoms with Crippen LogP contribution in [0.2, 0.25) is 0 Å². The highest BCUT2D eigenvalue weighted by atomic mass is 19.1. The number of fused-ring (bicyclic) bond motifs is 3. The summed E-state index contributed by atoms with van der Waals surface area (Å²) in [5.41, 5.74) is 0.819. The van der Waals surface area contributed by atoms with Crippen LogP contribution in [0.15, 0.2) is 42.5 Å². The summed E-state index contributed by atoms with van der Waals surface area (Å²) < 4.78 is 35.1. The van der Waals surface area contributed by atoms with Crippen molar-refractivity contribution >= 4 is 47.2 Å². The minimum absolute atomic E-state index is 0.0950. The van der Waals surface area contributed by atoms with Crippen LogP contribution in [-0.2, 0) is 46.3 Å². The number of halogens is 2. The van der Waals surface area contributed by atoms with Crippen molar-refractivity contribution in [2.45, 2.75) is 114 Å². The number of aryl methyl sites for hydroxylation is 1. The highest BCUT2D eigenvalue weighted by molar-refractivity contribution is 5.99. The molecule has 4 fully saturated rings. The second kappa shape index (κ2) is 19.2. The van der Waals surface area contributed by atoms with E-state index in [1.807, 2.05) is 13.8 Å². The number of benzene rings is 2. The zero-order chi connectivity index (χ0) is 43.2. The fraction of sp³-hybridized carbons (Fsp3) is 0.548. The summed E-state index contributed by atoms with van der Waals surface area (Å²) in [6.45, 7) is 4.66. The number of urea groups is 1. The molecule has 0 aromatic heterocycles. The number of aliphatic hydroxyl groups excluding tert-OH is 1. The number of carbonyl (C=O) groups excluding carboxylic acids is 7. The number of cyclic esters (lactones) is 1. The van der Waals surface area contributed by atoms with E-state index in [-0.39, 0.29) is 56.9 Å². The van der Waals surface area contributed by atoms with Gasteiger partial charge in [-0.3, -0.25) is 24.0 Å². The molecule has 0 aliphatic carbocycles. The van der Waals surface area contributed by atoms with Crippen molar-refractivity contribution in [1.82, 2.24) is 30.7 Å². The first-order chi connectivity index (χ1) is 28.7. The number of nitrogens with one attached hydrogen (secondary N) is 4. The molecule has 2 aromatic carbocycles. The Hall–Kier alpha value is -5.65. The highest BCUT2D eigenvalue weighted by Crippen LogP contribution is 2.29. The molecular formula is C42H53F2N7O9. The number of ether oxygens (including phenoxy) is 1. The molecule has 4 aliphatic heterocycles. The van der Waals surface area contributed by atoms with Gasteiger partial charge in [0.2, 0.25) is 29.5 Å². The number of esters is 1. The van der Waals surface area contributed by atoms with Crippen molar-refractivity contribution in [1.29, 1.82) is 0 Å². The van der Waals surface area contributed by atoms with Crippen LogP contribution in [0.3, 0.4) is 0 Å². The molecule has 0 radical (unpaired) electrons. The van der Waals surface area contributed by atoms with Gasteiger partial charge < -0.3 is 45.8 Å². The Kier molecular flexibility index (Phi) is 14.0. The van der Waals surface area contributed by atoms with Crippen molar-refractivity contribution in [3.05, 3.63) is 65.2 Å². The average molecular weight is 838 g/mol. The molecule has 18 heteroatoms. The third-order valence-electron chi connectivity index (χ3n) is 11.7. The molecule has 0 unspecified atom stereocenters. The topological polar surface area (TPSA) is 207 Å². The molecule has 5 N–H and O–H groups in total. The Morgan fingerprint density at radius 2 is 1.62 bits per heavy atom. The predicted octanol–water partition coefficient (Wildman–Crippen LogP) is 1.78. The lowest BCUT2D eigenvalue weighted by atomic mass is 9.98. The average Bonchev–Trinajstić information content (AvgIpc) is 3.88. The monoisotopic (exact) mass is 837 g/mol. The maximum absolute atomic E-state index is 14.9. The van der Waals surface area contributed by atoms with E-state index < -0.39 is 102 Å². The minimum Gasteiger partial charge on any atom is -0.458 e. The summed E-state index contributed by atoms with van der Waals surface area (Å²) in [7, 11) is 0. The van der Waals surface area contributed by atoms with Gasteiger partial charge in [0, 0.05) is 26.1 Å². The maximum Gasteiger partial charge on any atom is 0.329 e. The summed E-state index contributed by atoms with van der Waals surface area (Å²) >= 11 is 0. The zero-order valence-corrected chi connectivity index (χ0v) is 34.0. The van der Waals surface area contributed by atoms with Crippen LogP contribution < -0.4 is 21.3 Å². The molecule has 4 heterocycles. The largest absolute Gasteiger partial charge is 0.458 e. The SMILES string of the molecule is CCc1ccc(NC(=O)N[C@@H](Cc2cccc(F)c2)C(=O)N[C@@H]2C(=O)N3CCC[C@H]3C(=O)N3CCCC[C@H]3C(=O)N[C@@H](CO)C(=O)N3C[C@H](C)C[C@H]3C(=O)O[C@H]2C)c(F)c1. The summed E-state index contributed by atoms with van der Waals surface area (Å²) in [6, 6.07) is 0.830. The van der Waals surface area contributed by atoms with E-state index in [1.165, 1.54) is 52.0 Å².